The fourth-order valence-electron chi connectivity index (χ4n) is 2.67. The van der Waals surface area contributed by atoms with Crippen LogP contribution in [0.25, 0.3) is 10.2 Å². The number of hydrogen-bond donors (Lipinski definition) is 2. The van der Waals surface area contributed by atoms with Crippen molar-refractivity contribution < 1.29 is 0 Å². The molecule has 0 aliphatic heterocycles. The number of hydrogen-bond acceptors (Lipinski definition) is 6. The molecular formula is C14H20N4S2. The summed E-state index contributed by atoms with van der Waals surface area (Å²) in [5.41, 5.74) is 7.06. The van der Waals surface area contributed by atoms with Gasteiger partial charge in [-0.05, 0) is 50.5 Å². The average Bonchev–Trinajstić information content (AvgIpc) is 2.85. The van der Waals surface area contributed by atoms with Gasteiger partial charge in [0.1, 0.15) is 10.6 Å². The SMILES string of the molecule is CSc1nc(NCCCN)c2c3c(sc2n1)CCCC3. The molecule has 0 spiro atoms. The van der Waals surface area contributed by atoms with E-state index in [0.717, 1.165) is 28.8 Å². The predicted octanol–water partition coefficient (Wildman–Crippen LogP) is 3.05. The van der Waals surface area contributed by atoms with E-state index in [-0.39, 0.29) is 0 Å². The lowest BCUT2D eigenvalue weighted by Gasteiger charge is -2.12. The molecule has 1 aliphatic rings. The number of anilines is 1. The highest BCUT2D eigenvalue weighted by Gasteiger charge is 2.20. The molecule has 108 valence electrons. The van der Waals surface area contributed by atoms with Crippen LogP contribution in [0, 0.1) is 0 Å². The van der Waals surface area contributed by atoms with E-state index in [9.17, 15) is 0 Å². The summed E-state index contributed by atoms with van der Waals surface area (Å²) in [6.07, 6.45) is 7.95. The molecule has 3 rings (SSSR count). The Morgan fingerprint density at radius 1 is 1.30 bits per heavy atom. The Morgan fingerprint density at radius 2 is 2.15 bits per heavy atom. The molecule has 1 aliphatic carbocycles. The average molecular weight is 308 g/mol. The van der Waals surface area contributed by atoms with Crippen LogP contribution >= 0.6 is 23.1 Å². The number of thioether (sulfide) groups is 1. The maximum atomic E-state index is 5.58. The zero-order valence-electron chi connectivity index (χ0n) is 11.7. The Kier molecular flexibility index (Phi) is 4.43. The van der Waals surface area contributed by atoms with Crippen LogP contribution < -0.4 is 11.1 Å². The summed E-state index contributed by atoms with van der Waals surface area (Å²) < 4.78 is 0. The molecule has 2 heterocycles. The van der Waals surface area contributed by atoms with E-state index in [1.54, 1.807) is 11.8 Å². The molecule has 0 amide bonds. The molecular weight excluding hydrogens is 288 g/mol. The number of nitrogens with two attached hydrogens (primary N) is 1. The molecule has 2 aromatic heterocycles. The van der Waals surface area contributed by atoms with Gasteiger partial charge in [0, 0.05) is 11.4 Å². The van der Waals surface area contributed by atoms with Gasteiger partial charge in [-0.15, -0.1) is 11.3 Å². The summed E-state index contributed by atoms with van der Waals surface area (Å²) >= 11 is 3.46. The number of rotatable bonds is 5. The minimum atomic E-state index is 0.707. The van der Waals surface area contributed by atoms with Crippen LogP contribution in [0.5, 0.6) is 0 Å². The molecule has 0 unspecified atom stereocenters. The van der Waals surface area contributed by atoms with E-state index in [1.165, 1.54) is 41.5 Å². The standard InChI is InChI=1S/C14H20N4S2/c1-19-14-17-12(16-8-4-7-15)11-9-5-2-3-6-10(9)20-13(11)18-14/h2-8,15H2,1H3,(H,16,17,18). The summed E-state index contributed by atoms with van der Waals surface area (Å²) in [4.78, 5) is 12.0. The first-order valence-corrected chi connectivity index (χ1v) is 9.18. The zero-order valence-corrected chi connectivity index (χ0v) is 13.4. The molecule has 0 saturated heterocycles. The van der Waals surface area contributed by atoms with Crippen LogP contribution in [0.15, 0.2) is 5.16 Å². The summed E-state index contributed by atoms with van der Waals surface area (Å²) in [7, 11) is 0. The minimum Gasteiger partial charge on any atom is -0.369 e. The predicted molar refractivity (Wildman–Crippen MR) is 88.0 cm³/mol. The van der Waals surface area contributed by atoms with Crippen LogP contribution in [0.1, 0.15) is 29.7 Å². The molecule has 0 aromatic carbocycles. The van der Waals surface area contributed by atoms with Crippen LogP contribution in [-0.2, 0) is 12.8 Å². The summed E-state index contributed by atoms with van der Waals surface area (Å²) in [5, 5.41) is 5.58. The Labute approximate surface area is 127 Å². The largest absolute Gasteiger partial charge is 0.369 e. The van der Waals surface area contributed by atoms with Gasteiger partial charge in [0.25, 0.3) is 0 Å². The highest BCUT2D eigenvalue weighted by molar-refractivity contribution is 7.98. The molecule has 0 fully saturated rings. The molecule has 2 aromatic rings. The van der Waals surface area contributed by atoms with Gasteiger partial charge in [0.05, 0.1) is 5.39 Å². The lowest BCUT2D eigenvalue weighted by atomic mass is 9.97. The van der Waals surface area contributed by atoms with Crippen LogP contribution in [0.3, 0.4) is 0 Å². The highest BCUT2D eigenvalue weighted by atomic mass is 32.2. The Hall–Kier alpha value is -0.850. The van der Waals surface area contributed by atoms with E-state index < -0.39 is 0 Å². The van der Waals surface area contributed by atoms with Crippen LogP contribution in [0.2, 0.25) is 0 Å². The maximum absolute atomic E-state index is 5.58. The van der Waals surface area contributed by atoms with Gasteiger partial charge in [-0.1, -0.05) is 11.8 Å². The van der Waals surface area contributed by atoms with Gasteiger partial charge < -0.3 is 11.1 Å². The van der Waals surface area contributed by atoms with Crippen molar-refractivity contribution in [2.24, 2.45) is 5.73 Å². The van der Waals surface area contributed by atoms with Crippen molar-refractivity contribution in [3.8, 4) is 0 Å². The number of nitrogens with one attached hydrogen (secondary N) is 1. The van der Waals surface area contributed by atoms with Crippen molar-refractivity contribution in [3.63, 3.8) is 0 Å². The quantitative estimate of drug-likeness (QED) is 0.505. The van der Waals surface area contributed by atoms with Gasteiger partial charge in [0.2, 0.25) is 0 Å². The van der Waals surface area contributed by atoms with Gasteiger partial charge in [-0.2, -0.15) is 0 Å². The van der Waals surface area contributed by atoms with Crippen LogP contribution in [-0.4, -0.2) is 29.3 Å². The van der Waals surface area contributed by atoms with E-state index in [1.807, 2.05) is 17.6 Å². The van der Waals surface area contributed by atoms with Crippen molar-refractivity contribution in [2.45, 2.75) is 37.3 Å². The summed E-state index contributed by atoms with van der Waals surface area (Å²) in [5.74, 6) is 1.01. The normalized spacial score (nSPS) is 14.5. The second kappa shape index (κ2) is 6.28. The molecule has 0 bridgehead atoms. The topological polar surface area (TPSA) is 63.8 Å². The number of fused-ring (bicyclic) bond motifs is 3. The molecule has 6 heteroatoms. The highest BCUT2D eigenvalue weighted by Crippen LogP contribution is 2.39. The lowest BCUT2D eigenvalue weighted by molar-refractivity contribution is 0.700. The van der Waals surface area contributed by atoms with Gasteiger partial charge in [-0.3, -0.25) is 0 Å². The number of aryl methyl sites for hydroxylation is 2. The Balaban J connectivity index is 2.06. The van der Waals surface area contributed by atoms with Gasteiger partial charge in [-0.25, -0.2) is 9.97 Å². The van der Waals surface area contributed by atoms with Crippen LogP contribution in [0.4, 0.5) is 5.82 Å². The third-order valence-electron chi connectivity index (χ3n) is 3.65. The number of nitrogens with zero attached hydrogens (tertiary/aromatic N) is 2. The van der Waals surface area contributed by atoms with E-state index in [4.69, 9.17) is 10.7 Å². The second-order valence-corrected chi connectivity index (χ2v) is 6.88. The van der Waals surface area contributed by atoms with E-state index >= 15 is 0 Å². The van der Waals surface area contributed by atoms with Crippen molar-refractivity contribution in [1.29, 1.82) is 0 Å². The fourth-order valence-corrected chi connectivity index (χ4v) is 4.35. The smallest absolute Gasteiger partial charge is 0.190 e. The minimum absolute atomic E-state index is 0.707. The number of thiophene rings is 1. The fraction of sp³-hybridized carbons (Fsp3) is 0.571. The summed E-state index contributed by atoms with van der Waals surface area (Å²) in [6.45, 7) is 1.58. The first kappa shape index (κ1) is 14.1. The molecule has 0 saturated carbocycles. The van der Waals surface area contributed by atoms with Crippen molar-refractivity contribution in [2.75, 3.05) is 24.7 Å². The zero-order chi connectivity index (χ0) is 13.9. The molecule has 4 nitrogen and oxygen atoms in total. The molecule has 0 radical (unpaired) electrons. The number of aromatic nitrogens is 2. The Morgan fingerprint density at radius 3 is 2.95 bits per heavy atom. The third kappa shape index (κ3) is 2.64. The molecule has 3 N–H and O–H groups in total. The van der Waals surface area contributed by atoms with Gasteiger partial charge >= 0.3 is 0 Å². The second-order valence-electron chi connectivity index (χ2n) is 5.02. The molecule has 0 atom stereocenters. The van der Waals surface area contributed by atoms with Crippen molar-refractivity contribution >= 4 is 39.1 Å². The van der Waals surface area contributed by atoms with Crippen molar-refractivity contribution in [1.82, 2.24) is 9.97 Å². The Bertz CT molecular complexity index is 609. The van der Waals surface area contributed by atoms with Crippen molar-refractivity contribution in [3.05, 3.63) is 10.4 Å². The first-order valence-electron chi connectivity index (χ1n) is 7.13. The third-order valence-corrected chi connectivity index (χ3v) is 5.38. The maximum Gasteiger partial charge on any atom is 0.190 e. The van der Waals surface area contributed by atoms with Gasteiger partial charge in [0.15, 0.2) is 5.16 Å². The lowest BCUT2D eigenvalue weighted by Crippen LogP contribution is -2.10. The van der Waals surface area contributed by atoms with E-state index in [0.29, 0.717) is 6.54 Å². The summed E-state index contributed by atoms with van der Waals surface area (Å²) in [6, 6.07) is 0. The monoisotopic (exact) mass is 308 g/mol. The van der Waals surface area contributed by atoms with E-state index in [2.05, 4.69) is 10.3 Å². The molecule has 20 heavy (non-hydrogen) atoms. The first-order chi connectivity index (χ1) is 9.83.